The number of rotatable bonds is 14. The van der Waals surface area contributed by atoms with E-state index in [-0.39, 0.29) is 57.7 Å². The number of carbonyl (C=O) groups excluding carboxylic acids is 4. The van der Waals surface area contributed by atoms with Crippen molar-refractivity contribution in [3.05, 3.63) is 57.1 Å². The van der Waals surface area contributed by atoms with Crippen LogP contribution in [0.1, 0.15) is 123 Å². The van der Waals surface area contributed by atoms with Crippen molar-refractivity contribution in [2.45, 2.75) is 174 Å². The van der Waals surface area contributed by atoms with Crippen molar-refractivity contribution in [1.82, 2.24) is 0 Å². The van der Waals surface area contributed by atoms with Crippen molar-refractivity contribution in [3.63, 3.8) is 0 Å². The molecule has 2 saturated heterocycles. The number of fused-ring (bicyclic) bond motifs is 4. The Morgan fingerprint density at radius 2 is 1.67 bits per heavy atom. The van der Waals surface area contributed by atoms with Gasteiger partial charge in [0.1, 0.15) is 19.3 Å². The fourth-order valence-corrected chi connectivity index (χ4v) is 8.75. The highest BCUT2D eigenvalue weighted by atomic mass is 35.5. The Bertz CT molecular complexity index is 1810. The zero-order valence-electron chi connectivity index (χ0n) is 39.4. The van der Waals surface area contributed by atoms with Gasteiger partial charge in [-0.2, -0.15) is 0 Å². The third-order valence-electron chi connectivity index (χ3n) is 12.1. The molecule has 3 aliphatic heterocycles. The predicted molar refractivity (Wildman–Crippen MR) is 242 cm³/mol. The van der Waals surface area contributed by atoms with Crippen molar-refractivity contribution >= 4 is 47.3 Å². The number of carbonyl (C=O) groups is 4. The third-order valence-corrected chi connectivity index (χ3v) is 12.8. The highest BCUT2D eigenvalue weighted by Crippen LogP contribution is 2.47. The van der Waals surface area contributed by atoms with Crippen LogP contribution in [-0.2, 0) is 63.6 Å². The van der Waals surface area contributed by atoms with Crippen LogP contribution in [0.25, 0.3) is 0 Å². The van der Waals surface area contributed by atoms with Gasteiger partial charge in [-0.05, 0) is 62.0 Å². The van der Waals surface area contributed by atoms with Crippen LogP contribution in [0.5, 0.6) is 0 Å². The highest BCUT2D eigenvalue weighted by Gasteiger charge is 2.57. The maximum atomic E-state index is 13.4. The van der Waals surface area contributed by atoms with Gasteiger partial charge in [-0.25, -0.2) is 9.59 Å². The summed E-state index contributed by atoms with van der Waals surface area (Å²) in [6.45, 7) is 10.3. The van der Waals surface area contributed by atoms with Gasteiger partial charge in [-0.1, -0.05) is 89.6 Å². The number of ether oxygens (including phenoxy) is 9. The normalized spacial score (nSPS) is 28.9. The molecule has 1 aromatic rings. The molecule has 3 N–H and O–H groups in total. The Morgan fingerprint density at radius 3 is 2.35 bits per heavy atom. The summed E-state index contributed by atoms with van der Waals surface area (Å²) in [5.41, 5.74) is -0.773. The molecule has 66 heavy (non-hydrogen) atoms. The lowest BCUT2D eigenvalue weighted by molar-refractivity contribution is -0.327. The van der Waals surface area contributed by atoms with E-state index in [4.69, 9.17) is 65.8 Å². The largest absolute Gasteiger partial charge is 0.508 e. The zero-order valence-corrected chi connectivity index (χ0v) is 40.9. The molecule has 372 valence electrons. The molecule has 0 spiro atoms. The van der Waals surface area contributed by atoms with Crippen LogP contribution < -0.4 is 0 Å². The number of methoxy groups -OCH3 is 1. The molecule has 0 aromatic heterocycles. The fourth-order valence-electron chi connectivity index (χ4n) is 8.05. The summed E-state index contributed by atoms with van der Waals surface area (Å²) >= 11 is 12.7. The maximum Gasteiger partial charge on any atom is 0.508 e. The van der Waals surface area contributed by atoms with E-state index in [9.17, 15) is 34.5 Å². The van der Waals surface area contributed by atoms with Gasteiger partial charge in [0.05, 0.1) is 51.2 Å². The van der Waals surface area contributed by atoms with Crippen molar-refractivity contribution in [1.29, 1.82) is 0 Å². The van der Waals surface area contributed by atoms with E-state index in [0.29, 0.717) is 34.9 Å². The molecular formula is C48H70Cl2O16. The lowest BCUT2D eigenvalue weighted by Crippen LogP contribution is -2.62. The Balaban J connectivity index is 1.62. The van der Waals surface area contributed by atoms with Gasteiger partial charge in [0.2, 0.25) is 5.79 Å². The third kappa shape index (κ3) is 16.4. The van der Waals surface area contributed by atoms with E-state index in [1.807, 2.05) is 20.8 Å². The van der Waals surface area contributed by atoms with E-state index >= 15 is 0 Å². The van der Waals surface area contributed by atoms with E-state index in [0.717, 1.165) is 37.3 Å². The number of unbranched alkanes of at least 4 members (excludes halogenated alkanes) is 4. The number of esters is 3. The van der Waals surface area contributed by atoms with Crippen molar-refractivity contribution in [3.8, 4) is 0 Å². The van der Waals surface area contributed by atoms with Crippen molar-refractivity contribution in [2.24, 2.45) is 10.8 Å². The quantitative estimate of drug-likeness (QED) is 0.0534. The summed E-state index contributed by atoms with van der Waals surface area (Å²) in [5.74, 6) is -4.51. The molecule has 1 aromatic carbocycles. The summed E-state index contributed by atoms with van der Waals surface area (Å²) in [5, 5.41) is 34.8. The molecule has 4 rings (SSSR count). The molecule has 16 nitrogen and oxygen atoms in total. The number of benzene rings is 1. The summed E-state index contributed by atoms with van der Waals surface area (Å²) in [7, 11) is 1.19. The monoisotopic (exact) mass is 972 g/mol. The van der Waals surface area contributed by atoms with Gasteiger partial charge >= 0.3 is 24.1 Å². The molecule has 3 aliphatic rings. The standard InChI is InChI=1S/C48H70Cl2O16/c1-8-9-10-11-12-13-40(53)65-44-31(23-41(54)58-7)22-34-25-35(27-51)63-42(55)24-32(52)15-18-59-39(26-33-16-19-60-43(64-33)14-17-47(5,6)48(44,57)66-34)46(3,4)29-62-45(56)61-28-36-37(49)20-30(2)21-38(36)50/h14,17,20-21,23,32-35,39,43-44,51-52,57H,8-13,15-16,18-19,22,24-29H2,1-7H3/b17-14+,31-23+/t32-,33+,34+,35-,39+,43+,44+,48-/m1/s1. The molecule has 0 saturated carbocycles. The summed E-state index contributed by atoms with van der Waals surface area (Å²) in [4.78, 5) is 52.2. The fraction of sp³-hybridized carbons (Fsp3) is 0.708. The Hall–Kier alpha value is -3.32. The van der Waals surface area contributed by atoms with E-state index in [2.05, 4.69) is 6.92 Å². The van der Waals surface area contributed by atoms with Gasteiger partial charge in [0.15, 0.2) is 12.4 Å². The van der Waals surface area contributed by atoms with Crippen molar-refractivity contribution < 1.29 is 77.1 Å². The minimum absolute atomic E-state index is 0.00990. The molecule has 18 heteroatoms. The van der Waals surface area contributed by atoms with Crippen LogP contribution in [0.4, 0.5) is 4.79 Å². The number of aliphatic hydroxyl groups is 3. The Morgan fingerprint density at radius 1 is 0.970 bits per heavy atom. The molecule has 0 amide bonds. The SMILES string of the molecule is CCCCCCCC(=O)O[C@H]1/C(=C/C(=O)OC)C[C@H]2C[C@H](CO)OC(=O)C[C@H](O)CCO[C@H](C(C)(C)COC(=O)OCc3c(Cl)cc(C)cc3Cl)C[C@@H]3CCO[C@H](/C=C/C(C)(C)[C@]1(O)O2)O3. The maximum absolute atomic E-state index is 13.4. The van der Waals surface area contributed by atoms with E-state index in [1.165, 1.54) is 7.11 Å². The van der Waals surface area contributed by atoms with Crippen LogP contribution >= 0.6 is 23.2 Å². The minimum atomic E-state index is -2.35. The first-order chi connectivity index (χ1) is 31.2. The second-order valence-corrected chi connectivity index (χ2v) is 19.4. The first-order valence-electron chi connectivity index (χ1n) is 22.9. The predicted octanol–water partition coefficient (Wildman–Crippen LogP) is 7.77. The van der Waals surface area contributed by atoms with Crippen LogP contribution in [0.15, 0.2) is 35.9 Å². The Labute approximate surface area is 398 Å². The van der Waals surface area contributed by atoms with Gasteiger partial charge < -0.3 is 58.0 Å². The summed E-state index contributed by atoms with van der Waals surface area (Å²) in [6, 6.07) is 3.42. The van der Waals surface area contributed by atoms with E-state index in [1.54, 1.807) is 38.1 Å². The zero-order chi connectivity index (χ0) is 48.7. The molecule has 0 radical (unpaired) electrons. The lowest BCUT2D eigenvalue weighted by Gasteiger charge is -2.51. The number of aryl methyl sites for hydroxylation is 1. The lowest BCUT2D eigenvalue weighted by atomic mass is 9.74. The molecule has 8 atom stereocenters. The van der Waals surface area contributed by atoms with Gasteiger partial charge in [0, 0.05) is 58.4 Å². The van der Waals surface area contributed by atoms with Crippen LogP contribution in [0.2, 0.25) is 10.0 Å². The molecular weight excluding hydrogens is 903 g/mol. The summed E-state index contributed by atoms with van der Waals surface area (Å²) in [6.07, 6.45) is 1.26. The van der Waals surface area contributed by atoms with E-state index < -0.39 is 96.6 Å². The Kier molecular flexibility index (Phi) is 21.7. The van der Waals surface area contributed by atoms with Gasteiger partial charge in [-0.15, -0.1) is 0 Å². The molecule has 0 unspecified atom stereocenters. The minimum Gasteiger partial charge on any atom is -0.466 e. The van der Waals surface area contributed by atoms with Crippen molar-refractivity contribution in [2.75, 3.05) is 33.5 Å². The average molecular weight is 974 g/mol. The number of cyclic esters (lactones) is 1. The second-order valence-electron chi connectivity index (χ2n) is 18.6. The van der Waals surface area contributed by atoms with Crippen LogP contribution in [-0.4, -0.2) is 122 Å². The first kappa shape index (κ1) is 55.3. The molecule has 4 bridgehead atoms. The smallest absolute Gasteiger partial charge is 0.466 e. The topological polar surface area (TPSA) is 212 Å². The number of halogens is 2. The number of aliphatic hydroxyl groups excluding tert-OH is 2. The number of hydrogen-bond acceptors (Lipinski definition) is 16. The molecule has 0 aliphatic carbocycles. The van der Waals surface area contributed by atoms with Crippen LogP contribution in [0.3, 0.4) is 0 Å². The molecule has 3 heterocycles. The average Bonchev–Trinajstić information content (AvgIpc) is 3.24. The van der Waals surface area contributed by atoms with Crippen LogP contribution in [0, 0.1) is 17.8 Å². The molecule has 2 fully saturated rings. The van der Waals surface area contributed by atoms with Gasteiger partial charge in [0.25, 0.3) is 0 Å². The van der Waals surface area contributed by atoms with Gasteiger partial charge in [-0.3, -0.25) is 9.59 Å². The first-order valence-corrected chi connectivity index (χ1v) is 23.6. The summed E-state index contributed by atoms with van der Waals surface area (Å²) < 4.78 is 52.7. The second kappa shape index (κ2) is 25.9. The highest BCUT2D eigenvalue weighted by molar-refractivity contribution is 6.36. The number of hydrogen-bond donors (Lipinski definition) is 3.